The van der Waals surface area contributed by atoms with Crippen molar-refractivity contribution in [2.24, 2.45) is 5.92 Å². The van der Waals surface area contributed by atoms with Gasteiger partial charge in [0.15, 0.2) is 5.69 Å². The summed E-state index contributed by atoms with van der Waals surface area (Å²) in [5, 5.41) is 14.0. The van der Waals surface area contributed by atoms with Gasteiger partial charge in [-0.15, -0.1) is 0 Å². The first-order valence-corrected chi connectivity index (χ1v) is 8.46. The van der Waals surface area contributed by atoms with Crippen LogP contribution in [0.25, 0.3) is 10.9 Å². The number of carboxylic acid groups (broad SMARTS) is 1. The molecule has 10 heteroatoms. The number of nitrogens with zero attached hydrogens (tertiary/aromatic N) is 2. The van der Waals surface area contributed by atoms with E-state index in [1.165, 1.54) is 12.1 Å². The van der Waals surface area contributed by atoms with E-state index in [-0.39, 0.29) is 24.0 Å². The van der Waals surface area contributed by atoms with Gasteiger partial charge < -0.3 is 14.6 Å². The first-order valence-electron chi connectivity index (χ1n) is 8.46. The third-order valence-corrected chi connectivity index (χ3v) is 4.81. The predicted molar refractivity (Wildman–Crippen MR) is 89.8 cm³/mol. The second-order valence-corrected chi connectivity index (χ2v) is 6.35. The standard InChI is InChI=1S/C16H17F2N3O3.CH2O2/c17-16(18)23-10-1-2-12-11(7-10)14(20-19-12)15(22)24-13-8-21-5-3-9(13)4-6-21;2-1-3/h1-2,7,9,13,16H,3-6,8H2,(H,19,20);1H,(H,2,3)/t13-;/m1./s1. The van der Waals surface area contributed by atoms with Crippen LogP contribution in [0.4, 0.5) is 8.78 Å². The SMILES string of the molecule is O=C(O[C@@H]1CN2CCC1CC2)c1n[nH]c2ccc(OC(F)F)cc12.O=CO. The molecule has 0 aliphatic carbocycles. The largest absolute Gasteiger partial charge is 0.483 e. The van der Waals surface area contributed by atoms with Gasteiger partial charge in [-0.3, -0.25) is 14.8 Å². The molecule has 27 heavy (non-hydrogen) atoms. The Morgan fingerprint density at radius 1 is 1.37 bits per heavy atom. The third kappa shape index (κ3) is 4.33. The monoisotopic (exact) mass is 383 g/mol. The van der Waals surface area contributed by atoms with Crippen LogP contribution < -0.4 is 4.74 Å². The van der Waals surface area contributed by atoms with Gasteiger partial charge in [0.1, 0.15) is 11.9 Å². The quantitative estimate of drug-likeness (QED) is 0.615. The second-order valence-electron chi connectivity index (χ2n) is 6.35. The molecular weight excluding hydrogens is 364 g/mol. The number of H-pyrrole nitrogens is 1. The van der Waals surface area contributed by atoms with Crippen molar-refractivity contribution in [1.82, 2.24) is 15.1 Å². The minimum Gasteiger partial charge on any atom is -0.483 e. The second kappa shape index (κ2) is 8.30. The molecule has 1 atom stereocenters. The first-order chi connectivity index (χ1) is 13.0. The molecule has 0 radical (unpaired) electrons. The lowest BCUT2D eigenvalue weighted by Crippen LogP contribution is -2.51. The van der Waals surface area contributed by atoms with Crippen molar-refractivity contribution >= 4 is 23.3 Å². The summed E-state index contributed by atoms with van der Waals surface area (Å²) >= 11 is 0. The molecule has 2 N–H and O–H groups in total. The summed E-state index contributed by atoms with van der Waals surface area (Å²) in [5.41, 5.74) is 0.665. The molecule has 1 aromatic heterocycles. The van der Waals surface area contributed by atoms with Crippen molar-refractivity contribution in [1.29, 1.82) is 0 Å². The summed E-state index contributed by atoms with van der Waals surface area (Å²) < 4.78 is 34.7. The number of esters is 1. The lowest BCUT2D eigenvalue weighted by atomic mass is 9.86. The highest BCUT2D eigenvalue weighted by atomic mass is 19.3. The third-order valence-electron chi connectivity index (χ3n) is 4.81. The zero-order valence-corrected chi connectivity index (χ0v) is 14.3. The summed E-state index contributed by atoms with van der Waals surface area (Å²) in [5.74, 6) is -0.160. The summed E-state index contributed by atoms with van der Waals surface area (Å²) in [7, 11) is 0. The molecule has 3 aliphatic heterocycles. The van der Waals surface area contributed by atoms with Crippen molar-refractivity contribution < 1.29 is 33.0 Å². The minimum atomic E-state index is -2.92. The molecule has 4 heterocycles. The Labute approximate surface area is 153 Å². The predicted octanol–water partition coefficient (Wildman–Crippen LogP) is 2.12. The number of aromatic amines is 1. The molecule has 0 amide bonds. The average Bonchev–Trinajstić information content (AvgIpc) is 3.06. The van der Waals surface area contributed by atoms with E-state index in [0.717, 1.165) is 32.5 Å². The van der Waals surface area contributed by atoms with E-state index in [4.69, 9.17) is 14.6 Å². The van der Waals surface area contributed by atoms with Crippen LogP contribution in [0.3, 0.4) is 0 Å². The van der Waals surface area contributed by atoms with E-state index in [1.807, 2.05) is 0 Å². The first kappa shape index (κ1) is 19.0. The van der Waals surface area contributed by atoms with Gasteiger partial charge >= 0.3 is 12.6 Å². The number of piperidine rings is 3. The summed E-state index contributed by atoms with van der Waals surface area (Å²) in [6, 6.07) is 4.32. The van der Waals surface area contributed by atoms with E-state index >= 15 is 0 Å². The molecule has 3 aliphatic rings. The Hall–Kier alpha value is -2.75. The molecule has 0 spiro atoms. The van der Waals surface area contributed by atoms with Gasteiger partial charge in [0.25, 0.3) is 6.47 Å². The number of benzene rings is 1. The normalized spacial score (nSPS) is 23.6. The van der Waals surface area contributed by atoms with Crippen molar-refractivity contribution in [2.75, 3.05) is 19.6 Å². The molecular formula is C17H19F2N3O5. The van der Waals surface area contributed by atoms with Gasteiger partial charge in [0.2, 0.25) is 0 Å². The number of nitrogens with one attached hydrogen (secondary N) is 1. The molecule has 0 unspecified atom stereocenters. The molecule has 2 aromatic rings. The number of ether oxygens (including phenoxy) is 2. The highest BCUT2D eigenvalue weighted by Gasteiger charge is 2.37. The van der Waals surface area contributed by atoms with Gasteiger partial charge in [0, 0.05) is 11.9 Å². The number of hydrogen-bond donors (Lipinski definition) is 2. The lowest BCUT2D eigenvalue weighted by Gasteiger charge is -2.43. The number of rotatable bonds is 4. The van der Waals surface area contributed by atoms with Crippen LogP contribution in [0.5, 0.6) is 5.75 Å². The van der Waals surface area contributed by atoms with E-state index in [9.17, 15) is 13.6 Å². The van der Waals surface area contributed by atoms with Crippen molar-refractivity contribution in [3.8, 4) is 5.75 Å². The van der Waals surface area contributed by atoms with Gasteiger partial charge in [-0.25, -0.2) is 4.79 Å². The van der Waals surface area contributed by atoms with E-state index < -0.39 is 12.6 Å². The molecule has 3 saturated heterocycles. The van der Waals surface area contributed by atoms with Crippen LogP contribution in [0, 0.1) is 5.92 Å². The maximum Gasteiger partial charge on any atom is 0.387 e. The van der Waals surface area contributed by atoms with Crippen LogP contribution in [0.2, 0.25) is 0 Å². The van der Waals surface area contributed by atoms with Crippen LogP contribution in [-0.4, -0.2) is 65.0 Å². The average molecular weight is 383 g/mol. The van der Waals surface area contributed by atoms with Gasteiger partial charge in [-0.2, -0.15) is 13.9 Å². The Morgan fingerprint density at radius 2 is 2.07 bits per heavy atom. The molecule has 8 nitrogen and oxygen atoms in total. The number of aromatic nitrogens is 2. The highest BCUT2D eigenvalue weighted by Crippen LogP contribution is 2.31. The van der Waals surface area contributed by atoms with Crippen LogP contribution >= 0.6 is 0 Å². The van der Waals surface area contributed by atoms with Gasteiger partial charge in [-0.1, -0.05) is 0 Å². The topological polar surface area (TPSA) is 105 Å². The molecule has 2 bridgehead atoms. The van der Waals surface area contributed by atoms with Gasteiger partial charge in [0.05, 0.1) is 5.52 Å². The van der Waals surface area contributed by atoms with E-state index in [2.05, 4.69) is 19.8 Å². The number of carbonyl (C=O) groups excluding carboxylic acids is 1. The Kier molecular flexibility index (Phi) is 5.84. The lowest BCUT2D eigenvalue weighted by molar-refractivity contribution is -0.122. The molecule has 3 fully saturated rings. The maximum atomic E-state index is 12.5. The zero-order valence-electron chi connectivity index (χ0n) is 14.3. The number of alkyl halides is 2. The summed E-state index contributed by atoms with van der Waals surface area (Å²) in [6.07, 6.45) is 1.93. The molecule has 0 saturated carbocycles. The minimum absolute atomic E-state index is 0.0178. The molecule has 146 valence electrons. The molecule has 5 rings (SSSR count). The fourth-order valence-corrected chi connectivity index (χ4v) is 3.56. The Morgan fingerprint density at radius 3 is 2.67 bits per heavy atom. The number of halogens is 2. The van der Waals surface area contributed by atoms with E-state index in [0.29, 0.717) is 16.8 Å². The Bertz CT molecular complexity index is 805. The smallest absolute Gasteiger partial charge is 0.387 e. The van der Waals surface area contributed by atoms with Crippen LogP contribution in [-0.2, 0) is 9.53 Å². The van der Waals surface area contributed by atoms with Crippen LogP contribution in [0.15, 0.2) is 18.2 Å². The van der Waals surface area contributed by atoms with Crippen molar-refractivity contribution in [3.63, 3.8) is 0 Å². The number of carbonyl (C=O) groups is 2. The van der Waals surface area contributed by atoms with E-state index in [1.54, 1.807) is 6.07 Å². The number of hydrogen-bond acceptors (Lipinski definition) is 6. The van der Waals surface area contributed by atoms with Crippen LogP contribution in [0.1, 0.15) is 23.3 Å². The number of fused-ring (bicyclic) bond motifs is 4. The highest BCUT2D eigenvalue weighted by molar-refractivity contribution is 6.02. The fraction of sp³-hybridized carbons (Fsp3) is 0.471. The van der Waals surface area contributed by atoms with Crippen molar-refractivity contribution in [3.05, 3.63) is 23.9 Å². The van der Waals surface area contributed by atoms with Gasteiger partial charge in [-0.05, 0) is 50.0 Å². The zero-order chi connectivity index (χ0) is 19.4. The molecule has 1 aromatic carbocycles. The fourth-order valence-electron chi connectivity index (χ4n) is 3.56. The Balaban J connectivity index is 0.000000659. The maximum absolute atomic E-state index is 12.5. The summed E-state index contributed by atoms with van der Waals surface area (Å²) in [6.45, 7) is -0.313. The van der Waals surface area contributed by atoms with Crippen molar-refractivity contribution in [2.45, 2.75) is 25.6 Å². The summed E-state index contributed by atoms with van der Waals surface area (Å²) in [4.78, 5) is 23.1.